The van der Waals surface area contributed by atoms with Crippen LogP contribution in [0.25, 0.3) is 98.8 Å². The smallest absolute Gasteiger partial charge is 0.137 e. The Hall–Kier alpha value is -8.20. The van der Waals surface area contributed by atoms with Crippen molar-refractivity contribution < 1.29 is 4.42 Å². The normalized spacial score (nSPS) is 11.5. The van der Waals surface area contributed by atoms with Gasteiger partial charge in [-0.2, -0.15) is 0 Å². The number of furan rings is 1. The summed E-state index contributed by atoms with van der Waals surface area (Å²) in [6, 6.07) is 85.5. The highest BCUT2D eigenvalue weighted by atomic mass is 16.3. The summed E-state index contributed by atoms with van der Waals surface area (Å²) in [5, 5.41) is 9.69. The molecule has 12 aromatic rings. The van der Waals surface area contributed by atoms with Crippen molar-refractivity contribution in [1.29, 1.82) is 0 Å². The fourth-order valence-corrected chi connectivity index (χ4v) is 9.48. The third-order valence-corrected chi connectivity index (χ3v) is 12.4. The third kappa shape index (κ3) is 6.12. The van der Waals surface area contributed by atoms with Gasteiger partial charge < -0.3 is 9.32 Å². The summed E-state index contributed by atoms with van der Waals surface area (Å²) < 4.78 is 6.45. The summed E-state index contributed by atoms with van der Waals surface area (Å²) in [6.07, 6.45) is 0. The largest absolute Gasteiger partial charge is 0.456 e. The van der Waals surface area contributed by atoms with E-state index in [9.17, 15) is 0 Å². The molecule has 12 rings (SSSR count). The molecule has 0 fully saturated rings. The molecule has 0 aliphatic rings. The highest BCUT2D eigenvalue weighted by Gasteiger charge is 2.20. The second-order valence-electron chi connectivity index (χ2n) is 16.1. The molecule has 62 heavy (non-hydrogen) atoms. The van der Waals surface area contributed by atoms with Gasteiger partial charge in [0.2, 0.25) is 0 Å². The Morgan fingerprint density at radius 2 is 0.758 bits per heavy atom. The van der Waals surface area contributed by atoms with Gasteiger partial charge in [-0.15, -0.1) is 0 Å². The van der Waals surface area contributed by atoms with Gasteiger partial charge in [-0.05, 0) is 131 Å². The zero-order chi connectivity index (χ0) is 41.0. The van der Waals surface area contributed by atoms with Crippen molar-refractivity contribution in [3.8, 4) is 44.5 Å². The van der Waals surface area contributed by atoms with E-state index < -0.39 is 0 Å². The molecule has 11 aromatic carbocycles. The molecule has 290 valence electrons. The number of hydrogen-bond acceptors (Lipinski definition) is 2. The van der Waals surface area contributed by atoms with E-state index in [0.717, 1.165) is 50.1 Å². The second-order valence-corrected chi connectivity index (χ2v) is 16.1. The van der Waals surface area contributed by atoms with Crippen molar-refractivity contribution in [3.05, 3.63) is 237 Å². The van der Waals surface area contributed by atoms with Crippen molar-refractivity contribution in [3.63, 3.8) is 0 Å². The van der Waals surface area contributed by atoms with E-state index in [1.54, 1.807) is 0 Å². The first-order valence-electron chi connectivity index (χ1n) is 21.2. The number of anilines is 3. The van der Waals surface area contributed by atoms with Crippen molar-refractivity contribution >= 4 is 71.3 Å². The zero-order valence-corrected chi connectivity index (χ0v) is 33.9. The Bertz CT molecular complexity index is 3620. The van der Waals surface area contributed by atoms with Gasteiger partial charge in [0.25, 0.3) is 0 Å². The maximum atomic E-state index is 6.45. The van der Waals surface area contributed by atoms with Crippen molar-refractivity contribution in [2.45, 2.75) is 0 Å². The summed E-state index contributed by atoms with van der Waals surface area (Å²) in [7, 11) is 0. The fourth-order valence-electron chi connectivity index (χ4n) is 9.48. The average Bonchev–Trinajstić information content (AvgIpc) is 3.72. The molecule has 0 radical (unpaired) electrons. The Balaban J connectivity index is 1.03. The number of hydrogen-bond donors (Lipinski definition) is 0. The molecule has 0 bridgehead atoms. The predicted molar refractivity (Wildman–Crippen MR) is 263 cm³/mol. The number of para-hydroxylation sites is 1. The quantitative estimate of drug-likeness (QED) is 0.150. The Morgan fingerprint density at radius 1 is 0.242 bits per heavy atom. The van der Waals surface area contributed by atoms with Gasteiger partial charge in [-0.3, -0.25) is 0 Å². The van der Waals surface area contributed by atoms with Crippen LogP contribution in [0.4, 0.5) is 17.1 Å². The Kier molecular flexibility index (Phi) is 8.53. The molecule has 0 saturated carbocycles. The fraction of sp³-hybridized carbons (Fsp3) is 0. The van der Waals surface area contributed by atoms with E-state index >= 15 is 0 Å². The van der Waals surface area contributed by atoms with Crippen LogP contribution in [0.1, 0.15) is 0 Å². The minimum Gasteiger partial charge on any atom is -0.456 e. The molecule has 0 spiro atoms. The first kappa shape index (κ1) is 35.7. The molecule has 0 aliphatic carbocycles. The van der Waals surface area contributed by atoms with Gasteiger partial charge in [-0.1, -0.05) is 176 Å². The topological polar surface area (TPSA) is 16.4 Å². The molecular formula is C60H39NO. The molecule has 2 nitrogen and oxygen atoms in total. The number of benzene rings is 11. The number of fused-ring (bicyclic) bond motifs is 7. The zero-order valence-electron chi connectivity index (χ0n) is 33.9. The molecule has 1 aromatic heterocycles. The first-order chi connectivity index (χ1) is 30.7. The van der Waals surface area contributed by atoms with E-state index in [1.165, 1.54) is 65.7 Å². The van der Waals surface area contributed by atoms with Crippen molar-refractivity contribution in [2.75, 3.05) is 4.90 Å². The van der Waals surface area contributed by atoms with E-state index in [1.807, 2.05) is 12.1 Å². The Labute approximate surface area is 360 Å². The average molecular weight is 790 g/mol. The molecule has 0 saturated heterocycles. The van der Waals surface area contributed by atoms with Crippen LogP contribution in [-0.2, 0) is 0 Å². The maximum absolute atomic E-state index is 6.45. The van der Waals surface area contributed by atoms with Gasteiger partial charge in [0.1, 0.15) is 11.2 Å². The van der Waals surface area contributed by atoms with E-state index in [0.29, 0.717) is 0 Å². The molecule has 0 atom stereocenters. The van der Waals surface area contributed by atoms with Crippen LogP contribution in [0, 0.1) is 0 Å². The summed E-state index contributed by atoms with van der Waals surface area (Å²) in [4.78, 5) is 2.34. The molecule has 0 unspecified atom stereocenters. The monoisotopic (exact) mass is 789 g/mol. The Morgan fingerprint density at radius 3 is 1.55 bits per heavy atom. The lowest BCUT2D eigenvalue weighted by atomic mass is 9.84. The SMILES string of the molecule is c1ccc(-c2c(-c3ccccc3)c3cc(-c4cccc(N(c5ccc(-c6ccc7ccccc7c6)cc5)c5ccc6c(c5)oc5ccccc56)c4)ccc3c3ccccc23)cc1. The van der Waals surface area contributed by atoms with Crippen LogP contribution in [0.15, 0.2) is 241 Å². The lowest BCUT2D eigenvalue weighted by Gasteiger charge is -2.26. The molecule has 2 heteroatoms. The maximum Gasteiger partial charge on any atom is 0.137 e. The first-order valence-corrected chi connectivity index (χ1v) is 21.2. The molecular weight excluding hydrogens is 751 g/mol. The van der Waals surface area contributed by atoms with Gasteiger partial charge in [0.15, 0.2) is 0 Å². The van der Waals surface area contributed by atoms with Crippen LogP contribution in [0.2, 0.25) is 0 Å². The minimum absolute atomic E-state index is 0.863. The van der Waals surface area contributed by atoms with Crippen molar-refractivity contribution in [1.82, 2.24) is 0 Å². The molecule has 0 aliphatic heterocycles. The minimum atomic E-state index is 0.863. The standard InChI is InChI=1S/C60H39NO/c1-3-15-42(16-4-1)59-55-24-10-9-22-51(55)52-34-30-47(38-56(52)60(59)43-17-5-2-6-18-43)45-20-13-21-49(37-45)61(50-33-35-54-53-23-11-12-25-57(53)62-58(54)39-50)48-31-28-41(29-32-48)46-27-26-40-14-7-8-19-44(40)36-46/h1-39H. The predicted octanol–water partition coefficient (Wildman–Crippen LogP) is 17.2. The number of rotatable bonds is 7. The number of nitrogens with zero attached hydrogens (tertiary/aromatic N) is 1. The highest BCUT2D eigenvalue weighted by molar-refractivity contribution is 6.22. The van der Waals surface area contributed by atoms with E-state index in [-0.39, 0.29) is 0 Å². The summed E-state index contributed by atoms with van der Waals surface area (Å²) >= 11 is 0. The van der Waals surface area contributed by atoms with Crippen LogP contribution in [0.3, 0.4) is 0 Å². The molecule has 0 N–H and O–H groups in total. The van der Waals surface area contributed by atoms with Crippen LogP contribution in [-0.4, -0.2) is 0 Å². The molecule has 0 amide bonds. The summed E-state index contributed by atoms with van der Waals surface area (Å²) in [6.45, 7) is 0. The van der Waals surface area contributed by atoms with Gasteiger partial charge >= 0.3 is 0 Å². The van der Waals surface area contributed by atoms with Crippen LogP contribution < -0.4 is 4.90 Å². The van der Waals surface area contributed by atoms with E-state index in [4.69, 9.17) is 4.42 Å². The third-order valence-electron chi connectivity index (χ3n) is 12.4. The van der Waals surface area contributed by atoms with Crippen LogP contribution in [0.5, 0.6) is 0 Å². The van der Waals surface area contributed by atoms with Gasteiger partial charge in [-0.25, -0.2) is 0 Å². The van der Waals surface area contributed by atoms with Crippen molar-refractivity contribution in [2.24, 2.45) is 0 Å². The lowest BCUT2D eigenvalue weighted by molar-refractivity contribution is 0.669. The second kappa shape index (κ2) is 14.8. The summed E-state index contributed by atoms with van der Waals surface area (Å²) in [5.41, 5.74) is 14.5. The van der Waals surface area contributed by atoms with Gasteiger partial charge in [0.05, 0.1) is 0 Å². The van der Waals surface area contributed by atoms with Gasteiger partial charge in [0, 0.05) is 33.9 Å². The van der Waals surface area contributed by atoms with Crippen LogP contribution >= 0.6 is 0 Å². The van der Waals surface area contributed by atoms with E-state index in [2.05, 4.69) is 229 Å². The lowest BCUT2D eigenvalue weighted by Crippen LogP contribution is -2.10. The highest BCUT2D eigenvalue weighted by Crippen LogP contribution is 2.46. The summed E-state index contributed by atoms with van der Waals surface area (Å²) in [5.74, 6) is 0. The molecule has 1 heterocycles.